The lowest BCUT2D eigenvalue weighted by molar-refractivity contribution is 0.536. The normalized spacial score (nSPS) is 13.8. The van der Waals surface area contributed by atoms with Gasteiger partial charge in [-0.05, 0) is 64.2 Å². The highest BCUT2D eigenvalue weighted by Gasteiger charge is 2.17. The van der Waals surface area contributed by atoms with Gasteiger partial charge < -0.3 is 4.42 Å². The van der Waals surface area contributed by atoms with Crippen molar-refractivity contribution in [3.63, 3.8) is 0 Å². The van der Waals surface area contributed by atoms with Crippen LogP contribution < -0.4 is 10.8 Å². The van der Waals surface area contributed by atoms with E-state index in [4.69, 9.17) is 24.4 Å². The van der Waals surface area contributed by atoms with Crippen molar-refractivity contribution in [3.05, 3.63) is 168 Å². The van der Waals surface area contributed by atoms with E-state index in [1.165, 1.54) is 16.5 Å². The molecule has 0 N–H and O–H groups in total. The topological polar surface area (TPSA) is 64.7 Å². The molecular weight excluding hydrogens is 601 g/mol. The summed E-state index contributed by atoms with van der Waals surface area (Å²) in [5.41, 5.74) is 8.24. The molecular formula is C44H30N4O. The van der Waals surface area contributed by atoms with E-state index in [1.807, 2.05) is 66.7 Å². The highest BCUT2D eigenvalue weighted by Crippen LogP contribution is 2.31. The average molecular weight is 631 g/mol. The van der Waals surface area contributed by atoms with Crippen LogP contribution in [0.15, 0.2) is 156 Å². The molecule has 0 saturated carbocycles. The first-order valence-electron chi connectivity index (χ1n) is 16.5. The molecule has 8 aromatic rings. The molecule has 1 aliphatic rings. The number of benzene rings is 6. The van der Waals surface area contributed by atoms with Crippen molar-refractivity contribution in [2.75, 3.05) is 0 Å². The monoisotopic (exact) mass is 630 g/mol. The first kappa shape index (κ1) is 28.7. The van der Waals surface area contributed by atoms with Crippen LogP contribution in [0.5, 0.6) is 0 Å². The van der Waals surface area contributed by atoms with Crippen molar-refractivity contribution in [3.8, 4) is 56.7 Å². The number of oxazole rings is 1. The van der Waals surface area contributed by atoms with E-state index >= 15 is 0 Å². The second-order valence-corrected chi connectivity index (χ2v) is 12.3. The number of nitrogens with zero attached hydrogens (tertiary/aromatic N) is 4. The van der Waals surface area contributed by atoms with Gasteiger partial charge in [0.25, 0.3) is 0 Å². The molecule has 49 heavy (non-hydrogen) atoms. The highest BCUT2D eigenvalue weighted by molar-refractivity contribution is 5.87. The summed E-state index contributed by atoms with van der Waals surface area (Å²) in [5, 5.41) is 3.20. The van der Waals surface area contributed by atoms with Crippen LogP contribution in [0.25, 0.3) is 79.7 Å². The van der Waals surface area contributed by atoms with E-state index in [-0.39, 0.29) is 5.92 Å². The Kier molecular flexibility index (Phi) is 7.21. The van der Waals surface area contributed by atoms with E-state index in [2.05, 4.69) is 97.1 Å². The van der Waals surface area contributed by atoms with Crippen molar-refractivity contribution in [2.45, 2.75) is 12.3 Å². The van der Waals surface area contributed by atoms with Gasteiger partial charge in [0.2, 0.25) is 5.89 Å². The summed E-state index contributed by atoms with van der Waals surface area (Å²) in [6.45, 7) is 0. The molecule has 0 bridgehead atoms. The van der Waals surface area contributed by atoms with Crippen LogP contribution in [-0.4, -0.2) is 19.9 Å². The van der Waals surface area contributed by atoms with Gasteiger partial charge in [0.1, 0.15) is 5.35 Å². The van der Waals surface area contributed by atoms with Gasteiger partial charge in [0.15, 0.2) is 22.9 Å². The minimum Gasteiger partial charge on any atom is -0.436 e. The minimum atomic E-state index is 0.220. The fourth-order valence-corrected chi connectivity index (χ4v) is 6.47. The predicted octanol–water partition coefficient (Wildman–Crippen LogP) is 9.10. The van der Waals surface area contributed by atoms with Crippen LogP contribution in [-0.2, 0) is 0 Å². The van der Waals surface area contributed by atoms with E-state index in [0.717, 1.165) is 50.4 Å². The second-order valence-electron chi connectivity index (χ2n) is 12.3. The Morgan fingerprint density at radius 3 is 1.65 bits per heavy atom. The Bertz CT molecular complexity index is 2560. The van der Waals surface area contributed by atoms with Crippen molar-refractivity contribution >= 4 is 22.9 Å². The molecule has 232 valence electrons. The Morgan fingerprint density at radius 1 is 0.449 bits per heavy atom. The van der Waals surface area contributed by atoms with Gasteiger partial charge in [-0.2, -0.15) is 0 Å². The molecule has 0 radical (unpaired) electrons. The Hall–Kier alpha value is -6.46. The standard InChI is InChI=1S/C44H30N4O/c1-4-10-29(11-5-1)30-16-18-32(19-17-30)42-46-41(31-12-6-2-7-13-31)47-43(48-42)38-23-22-34-26-35(20-21-36(34)27-38)37-24-25-40-39(28-37)45-44(49-40)33-14-8-3-9-15-33/h1-23,25-28,37H,24H2. The van der Waals surface area contributed by atoms with Crippen molar-refractivity contribution < 1.29 is 4.42 Å². The van der Waals surface area contributed by atoms with E-state index in [1.54, 1.807) is 0 Å². The largest absolute Gasteiger partial charge is 0.436 e. The summed E-state index contributed by atoms with van der Waals surface area (Å²) in [6.07, 6.45) is 5.25. The van der Waals surface area contributed by atoms with Crippen molar-refractivity contribution in [2.24, 2.45) is 0 Å². The molecule has 0 saturated heterocycles. The van der Waals surface area contributed by atoms with Crippen molar-refractivity contribution in [1.82, 2.24) is 19.9 Å². The summed E-state index contributed by atoms with van der Waals surface area (Å²) in [5.74, 6) is 2.81. The maximum atomic E-state index is 6.08. The summed E-state index contributed by atoms with van der Waals surface area (Å²) < 4.78 is 6.08. The third kappa shape index (κ3) is 5.72. The van der Waals surface area contributed by atoms with Crippen LogP contribution in [0.1, 0.15) is 17.9 Å². The molecule has 6 aromatic carbocycles. The maximum absolute atomic E-state index is 6.08. The third-order valence-electron chi connectivity index (χ3n) is 9.09. The third-order valence-corrected chi connectivity index (χ3v) is 9.09. The van der Waals surface area contributed by atoms with Crippen LogP contribution in [0.4, 0.5) is 0 Å². The van der Waals surface area contributed by atoms with Gasteiger partial charge in [-0.15, -0.1) is 0 Å². The lowest BCUT2D eigenvalue weighted by Gasteiger charge is -2.14. The van der Waals surface area contributed by atoms with E-state index in [9.17, 15) is 0 Å². The smallest absolute Gasteiger partial charge is 0.227 e. The van der Waals surface area contributed by atoms with Gasteiger partial charge in [-0.25, -0.2) is 19.9 Å². The Labute approximate surface area is 283 Å². The maximum Gasteiger partial charge on any atom is 0.227 e. The number of rotatable bonds is 6. The first-order valence-corrected chi connectivity index (χ1v) is 16.5. The van der Waals surface area contributed by atoms with Crippen LogP contribution in [0.3, 0.4) is 0 Å². The minimum absolute atomic E-state index is 0.220. The Morgan fingerprint density at radius 2 is 0.959 bits per heavy atom. The van der Waals surface area contributed by atoms with Crippen LogP contribution >= 0.6 is 0 Å². The number of aromatic nitrogens is 4. The number of hydrogen-bond acceptors (Lipinski definition) is 5. The molecule has 5 heteroatoms. The fraction of sp³-hybridized carbons (Fsp3) is 0.0455. The number of fused-ring (bicyclic) bond motifs is 2. The fourth-order valence-electron chi connectivity index (χ4n) is 6.47. The van der Waals surface area contributed by atoms with E-state index in [0.29, 0.717) is 23.4 Å². The highest BCUT2D eigenvalue weighted by atomic mass is 16.3. The quantitative estimate of drug-likeness (QED) is 0.183. The molecule has 1 atom stereocenters. The lowest BCUT2D eigenvalue weighted by atomic mass is 9.91. The molecule has 2 heterocycles. The van der Waals surface area contributed by atoms with Gasteiger partial charge in [-0.3, -0.25) is 0 Å². The Balaban J connectivity index is 1.05. The zero-order valence-corrected chi connectivity index (χ0v) is 26.6. The number of hydrogen-bond donors (Lipinski definition) is 0. The zero-order chi connectivity index (χ0) is 32.6. The molecule has 0 aliphatic heterocycles. The first-order chi connectivity index (χ1) is 24.2. The zero-order valence-electron chi connectivity index (χ0n) is 26.6. The molecule has 1 aliphatic carbocycles. The summed E-state index contributed by atoms with van der Waals surface area (Å²) in [6, 6.07) is 52.1. The van der Waals surface area contributed by atoms with Crippen LogP contribution in [0, 0.1) is 0 Å². The molecule has 0 amide bonds. The van der Waals surface area contributed by atoms with Gasteiger partial charge in [0.05, 0.1) is 0 Å². The summed E-state index contributed by atoms with van der Waals surface area (Å²) in [4.78, 5) is 19.7. The van der Waals surface area contributed by atoms with Crippen LogP contribution in [0.2, 0.25) is 0 Å². The molecule has 5 nitrogen and oxygen atoms in total. The lowest BCUT2D eigenvalue weighted by Crippen LogP contribution is -2.26. The van der Waals surface area contributed by atoms with Gasteiger partial charge in [-0.1, -0.05) is 133 Å². The average Bonchev–Trinajstić information content (AvgIpc) is 3.62. The van der Waals surface area contributed by atoms with Gasteiger partial charge >= 0.3 is 0 Å². The molecule has 0 spiro atoms. The van der Waals surface area contributed by atoms with E-state index < -0.39 is 0 Å². The molecule has 2 aromatic heterocycles. The molecule has 0 fully saturated rings. The predicted molar refractivity (Wildman–Crippen MR) is 197 cm³/mol. The molecule has 1 unspecified atom stereocenters. The SMILES string of the molecule is C1=c2nc(-c3ccccc3)oc2=CCC1c1ccc2cc(-c3nc(-c4ccccc4)nc(-c4ccc(-c5ccccc5)cc4)n3)ccc2c1. The molecule has 9 rings (SSSR count). The van der Waals surface area contributed by atoms with Crippen molar-refractivity contribution in [1.29, 1.82) is 0 Å². The second kappa shape index (κ2) is 12.3. The van der Waals surface area contributed by atoms with Gasteiger partial charge in [0, 0.05) is 28.2 Å². The summed E-state index contributed by atoms with van der Waals surface area (Å²) >= 11 is 0. The summed E-state index contributed by atoms with van der Waals surface area (Å²) in [7, 11) is 0.